The fraction of sp³-hybridized carbons (Fsp3) is 0.455. The van der Waals surface area contributed by atoms with E-state index in [9.17, 15) is 0 Å². The molecule has 1 heteroatoms. The van der Waals surface area contributed by atoms with Crippen molar-refractivity contribution in [2.24, 2.45) is 0 Å². The third-order valence-corrected chi connectivity index (χ3v) is 7.19. The Morgan fingerprint density at radius 1 is 0.382 bits per heavy atom. The van der Waals surface area contributed by atoms with Crippen molar-refractivity contribution in [3.8, 4) is 0 Å². The second-order valence-electron chi connectivity index (χ2n) is 9.78. The van der Waals surface area contributed by atoms with Gasteiger partial charge in [-0.3, -0.25) is 0 Å². The van der Waals surface area contributed by atoms with Crippen LogP contribution in [0.2, 0.25) is 0 Å². The van der Waals surface area contributed by atoms with E-state index in [2.05, 4.69) is 97.9 Å². The van der Waals surface area contributed by atoms with Crippen LogP contribution >= 0.6 is 0 Å². The van der Waals surface area contributed by atoms with Crippen molar-refractivity contribution in [2.45, 2.75) is 90.4 Å². The predicted octanol–water partition coefficient (Wildman–Crippen LogP) is 10.7. The van der Waals surface area contributed by atoms with Crippen molar-refractivity contribution in [2.75, 3.05) is 6.54 Å². The van der Waals surface area contributed by atoms with Crippen molar-refractivity contribution in [3.05, 3.63) is 91.0 Å². The van der Waals surface area contributed by atoms with Crippen LogP contribution in [0.5, 0.6) is 0 Å². The van der Waals surface area contributed by atoms with Gasteiger partial charge in [0.2, 0.25) is 0 Å². The number of rotatable bonds is 17. The summed E-state index contributed by atoms with van der Waals surface area (Å²) in [5.74, 6) is 0. The number of hydrogen-bond donors (Lipinski definition) is 0. The van der Waals surface area contributed by atoms with Crippen LogP contribution in [0, 0.1) is 0 Å². The Labute approximate surface area is 209 Å². The van der Waals surface area contributed by atoms with Crippen LogP contribution < -0.4 is 4.48 Å². The van der Waals surface area contributed by atoms with Gasteiger partial charge in [-0.05, 0) is 49.2 Å². The van der Waals surface area contributed by atoms with Crippen molar-refractivity contribution >= 4 is 17.1 Å². The molecule has 0 unspecified atom stereocenters. The minimum Gasteiger partial charge on any atom is -0.227 e. The summed E-state index contributed by atoms with van der Waals surface area (Å²) in [5.41, 5.74) is 4.04. The SMILES string of the molecule is CCCCCCCCCCCCCCC[N+](c1ccccc1)(c1ccccc1)c1ccccc1. The molecule has 0 radical (unpaired) electrons. The highest BCUT2D eigenvalue weighted by Crippen LogP contribution is 2.43. The molecule has 34 heavy (non-hydrogen) atoms. The van der Waals surface area contributed by atoms with E-state index in [1.165, 1.54) is 101 Å². The number of para-hydroxylation sites is 3. The van der Waals surface area contributed by atoms with Gasteiger partial charge in [0, 0.05) is 0 Å². The summed E-state index contributed by atoms with van der Waals surface area (Å²) in [4.78, 5) is 0. The second-order valence-corrected chi connectivity index (χ2v) is 9.78. The van der Waals surface area contributed by atoms with E-state index in [-0.39, 0.29) is 0 Å². The Morgan fingerprint density at radius 2 is 0.676 bits per heavy atom. The monoisotopic (exact) mass is 456 g/mol. The molecule has 182 valence electrons. The van der Waals surface area contributed by atoms with Crippen LogP contribution in [0.25, 0.3) is 0 Å². The molecule has 0 bridgehead atoms. The van der Waals surface area contributed by atoms with Crippen LogP contribution in [0.1, 0.15) is 90.4 Å². The third kappa shape index (κ3) is 7.84. The van der Waals surface area contributed by atoms with E-state index in [4.69, 9.17) is 0 Å². The third-order valence-electron chi connectivity index (χ3n) is 7.19. The summed E-state index contributed by atoms with van der Waals surface area (Å²) in [7, 11) is 0. The van der Waals surface area contributed by atoms with E-state index in [1.54, 1.807) is 0 Å². The number of hydrogen-bond acceptors (Lipinski definition) is 0. The Morgan fingerprint density at radius 3 is 1.00 bits per heavy atom. The highest BCUT2D eigenvalue weighted by Gasteiger charge is 2.35. The van der Waals surface area contributed by atoms with Gasteiger partial charge in [-0.25, -0.2) is 4.48 Å². The first-order valence-corrected chi connectivity index (χ1v) is 13.9. The molecular formula is C33H46N+. The molecular weight excluding hydrogens is 410 g/mol. The minimum absolute atomic E-state index is 0.792. The smallest absolute Gasteiger partial charge is 0.143 e. The predicted molar refractivity (Wildman–Crippen MR) is 151 cm³/mol. The number of nitrogens with zero attached hydrogens (tertiary/aromatic N) is 1. The quantitative estimate of drug-likeness (QED) is 0.140. The molecule has 0 spiro atoms. The molecule has 3 aromatic rings. The van der Waals surface area contributed by atoms with Crippen molar-refractivity contribution in [3.63, 3.8) is 0 Å². The summed E-state index contributed by atoms with van der Waals surface area (Å²) in [6.07, 6.45) is 18.1. The van der Waals surface area contributed by atoms with Crippen molar-refractivity contribution in [1.82, 2.24) is 4.48 Å². The fourth-order valence-electron chi connectivity index (χ4n) is 5.25. The van der Waals surface area contributed by atoms with E-state index < -0.39 is 0 Å². The van der Waals surface area contributed by atoms with Crippen LogP contribution in [0.3, 0.4) is 0 Å². The Kier molecular flexibility index (Phi) is 12.0. The van der Waals surface area contributed by atoms with Crippen LogP contribution in [-0.2, 0) is 0 Å². The molecule has 0 aliphatic rings. The molecule has 0 heterocycles. The number of quaternary nitrogens is 1. The summed E-state index contributed by atoms with van der Waals surface area (Å²) in [5, 5.41) is 0. The van der Waals surface area contributed by atoms with E-state index >= 15 is 0 Å². The largest absolute Gasteiger partial charge is 0.227 e. The zero-order valence-corrected chi connectivity index (χ0v) is 21.5. The van der Waals surface area contributed by atoms with Gasteiger partial charge in [0.15, 0.2) is 0 Å². The molecule has 0 aliphatic carbocycles. The zero-order chi connectivity index (χ0) is 23.7. The Hall–Kier alpha value is -2.38. The highest BCUT2D eigenvalue weighted by molar-refractivity contribution is 5.70. The van der Waals surface area contributed by atoms with Gasteiger partial charge in [0.25, 0.3) is 0 Å². The lowest BCUT2D eigenvalue weighted by Crippen LogP contribution is -2.39. The lowest BCUT2D eigenvalue weighted by atomic mass is 10.0. The topological polar surface area (TPSA) is 0 Å². The second kappa shape index (κ2) is 15.5. The molecule has 0 fully saturated rings. The van der Waals surface area contributed by atoms with Crippen molar-refractivity contribution < 1.29 is 0 Å². The molecule has 3 aromatic carbocycles. The average molecular weight is 457 g/mol. The number of benzene rings is 3. The average Bonchev–Trinajstić information content (AvgIpc) is 2.91. The molecule has 0 N–H and O–H groups in total. The van der Waals surface area contributed by atoms with Gasteiger partial charge < -0.3 is 0 Å². The highest BCUT2D eigenvalue weighted by atomic mass is 15.4. The lowest BCUT2D eigenvalue weighted by molar-refractivity contribution is 0.472. The molecule has 0 saturated carbocycles. The first-order chi connectivity index (χ1) is 16.9. The van der Waals surface area contributed by atoms with Gasteiger partial charge in [-0.1, -0.05) is 132 Å². The maximum Gasteiger partial charge on any atom is 0.143 e. The van der Waals surface area contributed by atoms with Crippen molar-refractivity contribution in [1.29, 1.82) is 0 Å². The van der Waals surface area contributed by atoms with Crippen LogP contribution in [0.4, 0.5) is 17.1 Å². The molecule has 0 saturated heterocycles. The van der Waals surface area contributed by atoms with Gasteiger partial charge in [-0.2, -0.15) is 0 Å². The zero-order valence-electron chi connectivity index (χ0n) is 21.5. The van der Waals surface area contributed by atoms with Crippen LogP contribution in [-0.4, -0.2) is 6.54 Å². The molecule has 3 rings (SSSR count). The van der Waals surface area contributed by atoms with Gasteiger partial charge in [-0.15, -0.1) is 0 Å². The van der Waals surface area contributed by atoms with Gasteiger partial charge in [0.05, 0.1) is 6.54 Å². The van der Waals surface area contributed by atoms with E-state index in [0.29, 0.717) is 0 Å². The Bertz CT molecular complexity index is 776. The van der Waals surface area contributed by atoms with Crippen LogP contribution in [0.15, 0.2) is 91.0 Å². The maximum absolute atomic E-state index is 2.30. The summed E-state index contributed by atoms with van der Waals surface area (Å²) in [6.45, 7) is 3.39. The molecule has 0 aromatic heterocycles. The minimum atomic E-state index is 0.792. The lowest BCUT2D eigenvalue weighted by Gasteiger charge is -2.37. The summed E-state index contributed by atoms with van der Waals surface area (Å²) < 4.78 is 0.792. The van der Waals surface area contributed by atoms with Gasteiger partial charge in [0.1, 0.15) is 17.1 Å². The molecule has 0 atom stereocenters. The summed E-state index contributed by atoms with van der Waals surface area (Å²) in [6, 6.07) is 33.2. The molecule has 0 amide bonds. The van der Waals surface area contributed by atoms with Gasteiger partial charge >= 0.3 is 0 Å². The fourth-order valence-corrected chi connectivity index (χ4v) is 5.25. The number of unbranched alkanes of at least 4 members (excludes halogenated alkanes) is 12. The maximum atomic E-state index is 2.30. The molecule has 0 aliphatic heterocycles. The summed E-state index contributed by atoms with van der Waals surface area (Å²) >= 11 is 0. The normalized spacial score (nSPS) is 11.6. The first-order valence-electron chi connectivity index (χ1n) is 13.9. The molecule has 1 nitrogen and oxygen atoms in total. The first kappa shape index (κ1) is 26.2. The Balaban J connectivity index is 1.54. The van der Waals surface area contributed by atoms with E-state index in [0.717, 1.165) is 11.0 Å². The van der Waals surface area contributed by atoms with E-state index in [1.807, 2.05) is 0 Å². The standard InChI is InChI=1S/C33H46N/c1-2-3-4-5-6-7-8-9-10-11-12-13-23-30-34(31-24-17-14-18-25-31,32-26-19-15-20-27-32)33-28-21-16-22-29-33/h14-22,24-29H,2-13,23,30H2,1H3/q+1.